The number of fused-ring (bicyclic) bond motifs is 1. The third kappa shape index (κ3) is 3.72. The van der Waals surface area contributed by atoms with Gasteiger partial charge in [-0.25, -0.2) is 0 Å². The number of allylic oxidation sites excluding steroid dienone is 1. The van der Waals surface area contributed by atoms with Crippen molar-refractivity contribution < 1.29 is 23.8 Å². The average Bonchev–Trinajstić information content (AvgIpc) is 2.94. The van der Waals surface area contributed by atoms with Gasteiger partial charge >= 0.3 is 5.97 Å². The fraction of sp³-hybridized carbons (Fsp3) is 0.333. The second-order valence-corrected chi connectivity index (χ2v) is 8.78. The minimum absolute atomic E-state index is 0.191. The van der Waals surface area contributed by atoms with Gasteiger partial charge in [0.1, 0.15) is 5.92 Å². The lowest BCUT2D eigenvalue weighted by Crippen LogP contribution is -2.39. The van der Waals surface area contributed by atoms with Gasteiger partial charge in [-0.1, -0.05) is 19.1 Å². The van der Waals surface area contributed by atoms with E-state index in [0.717, 1.165) is 22.6 Å². The van der Waals surface area contributed by atoms with Gasteiger partial charge in [0.15, 0.2) is 17.3 Å². The molecule has 168 valence electrons. The predicted molar refractivity (Wildman–Crippen MR) is 125 cm³/mol. The molecule has 0 saturated heterocycles. The number of benzene rings is 2. The van der Waals surface area contributed by atoms with E-state index in [1.807, 2.05) is 43.3 Å². The number of Topliss-reactive ketones (excluding diaryl/α,β-unsaturated/α-hetero) is 1. The lowest BCUT2D eigenvalue weighted by molar-refractivity contribution is -0.151. The summed E-state index contributed by atoms with van der Waals surface area (Å²) in [7, 11) is 4.45. The van der Waals surface area contributed by atoms with Gasteiger partial charge in [-0.15, -0.1) is 0 Å². The highest BCUT2D eigenvalue weighted by molar-refractivity contribution is 9.10. The van der Waals surface area contributed by atoms with Gasteiger partial charge < -0.3 is 24.8 Å². The highest BCUT2D eigenvalue weighted by atomic mass is 79.9. The molecule has 1 heterocycles. The van der Waals surface area contributed by atoms with Crippen LogP contribution in [0.2, 0.25) is 0 Å². The second kappa shape index (κ2) is 8.86. The van der Waals surface area contributed by atoms with Gasteiger partial charge in [-0.2, -0.15) is 0 Å². The molecule has 2 aromatic carbocycles. The zero-order valence-corrected chi connectivity index (χ0v) is 19.9. The Labute approximate surface area is 195 Å². The Balaban J connectivity index is 1.91. The normalized spacial score (nSPS) is 22.0. The number of carbonyl (C=O) groups is 2. The number of methoxy groups -OCH3 is 3. The second-order valence-electron chi connectivity index (χ2n) is 7.92. The molecule has 0 radical (unpaired) electrons. The molecular formula is C24H25BrN2O5. The zero-order valence-electron chi connectivity index (χ0n) is 18.3. The number of nitrogens with one attached hydrogen (secondary N) is 2. The molecule has 0 amide bonds. The summed E-state index contributed by atoms with van der Waals surface area (Å²) in [5.41, 5.74) is 3.85. The minimum atomic E-state index is -0.852. The number of hydrogen-bond acceptors (Lipinski definition) is 7. The first-order valence-electron chi connectivity index (χ1n) is 10.3. The van der Waals surface area contributed by atoms with Crippen LogP contribution in [0, 0.1) is 11.8 Å². The zero-order chi connectivity index (χ0) is 23.0. The van der Waals surface area contributed by atoms with Gasteiger partial charge in [-0.05, 0) is 58.1 Å². The molecule has 4 rings (SSSR count). The summed E-state index contributed by atoms with van der Waals surface area (Å²) in [5.74, 6) is -0.697. The fourth-order valence-electron chi connectivity index (χ4n) is 4.49. The van der Waals surface area contributed by atoms with Gasteiger partial charge in [0.2, 0.25) is 0 Å². The van der Waals surface area contributed by atoms with Crippen LogP contribution in [-0.4, -0.2) is 33.1 Å². The number of esters is 1. The molecular weight excluding hydrogens is 476 g/mol. The molecule has 1 aliphatic carbocycles. The lowest BCUT2D eigenvalue weighted by atomic mass is 9.75. The number of ether oxygens (including phenoxy) is 3. The summed E-state index contributed by atoms with van der Waals surface area (Å²) >= 11 is 3.55. The van der Waals surface area contributed by atoms with Crippen LogP contribution in [0.15, 0.2) is 52.1 Å². The summed E-state index contributed by atoms with van der Waals surface area (Å²) in [4.78, 5) is 26.2. The standard InChI is InChI=1S/C24H25BrN2O5/c1-12-9-17-20(22(28)19(12)24(29)32-4)21(27-16-8-6-5-7-15(16)26-17)13-10-14(25)23(31-3)18(11-13)30-2/h5-8,10-12,19,21,26-27H,9H2,1-4H3/t12-,19+,21+/m1/s1. The number of hydrogen-bond donors (Lipinski definition) is 2. The van der Waals surface area contributed by atoms with Gasteiger partial charge in [0.25, 0.3) is 0 Å². The first-order chi connectivity index (χ1) is 15.4. The molecule has 0 bridgehead atoms. The van der Waals surface area contributed by atoms with E-state index in [1.165, 1.54) is 7.11 Å². The highest BCUT2D eigenvalue weighted by Crippen LogP contribution is 2.46. The molecule has 8 heteroatoms. The summed E-state index contributed by atoms with van der Waals surface area (Å²) < 4.78 is 16.6. The van der Waals surface area contributed by atoms with Crippen LogP contribution < -0.4 is 20.1 Å². The maximum atomic E-state index is 13.7. The molecule has 0 saturated carbocycles. The quantitative estimate of drug-likeness (QED) is 0.464. The molecule has 2 N–H and O–H groups in total. The average molecular weight is 501 g/mol. The van der Waals surface area contributed by atoms with Gasteiger partial charge in [0, 0.05) is 11.3 Å². The van der Waals surface area contributed by atoms with E-state index in [9.17, 15) is 9.59 Å². The van der Waals surface area contributed by atoms with Crippen molar-refractivity contribution in [3.8, 4) is 11.5 Å². The Morgan fingerprint density at radius 3 is 2.47 bits per heavy atom. The van der Waals surface area contributed by atoms with Crippen molar-refractivity contribution in [3.63, 3.8) is 0 Å². The van der Waals surface area contributed by atoms with Gasteiger partial charge in [-0.3, -0.25) is 9.59 Å². The van der Waals surface area contributed by atoms with Crippen LogP contribution in [0.25, 0.3) is 0 Å². The third-order valence-corrected chi connectivity index (χ3v) is 6.60. The van der Waals surface area contributed by atoms with Gasteiger partial charge in [0.05, 0.1) is 43.2 Å². The van der Waals surface area contributed by atoms with Crippen LogP contribution in [0.4, 0.5) is 11.4 Å². The molecule has 0 spiro atoms. The summed E-state index contributed by atoms with van der Waals surface area (Å²) in [6.07, 6.45) is 0.543. The maximum absolute atomic E-state index is 13.7. The van der Waals surface area contributed by atoms with Crippen LogP contribution in [0.3, 0.4) is 0 Å². The number of rotatable bonds is 4. The molecule has 1 aliphatic heterocycles. The Kier molecular flexibility index (Phi) is 6.15. The fourth-order valence-corrected chi connectivity index (χ4v) is 5.11. The van der Waals surface area contributed by atoms with Crippen molar-refractivity contribution >= 4 is 39.1 Å². The Morgan fingerprint density at radius 1 is 1.09 bits per heavy atom. The Bertz CT molecular complexity index is 1110. The van der Waals surface area contributed by atoms with E-state index in [1.54, 1.807) is 14.2 Å². The number of halogens is 1. The summed E-state index contributed by atoms with van der Waals surface area (Å²) in [6, 6.07) is 11.0. The van der Waals surface area contributed by atoms with E-state index >= 15 is 0 Å². The monoisotopic (exact) mass is 500 g/mol. The van der Waals surface area contributed by atoms with Crippen LogP contribution in [-0.2, 0) is 14.3 Å². The van der Waals surface area contributed by atoms with E-state index in [2.05, 4.69) is 26.6 Å². The van der Waals surface area contributed by atoms with Crippen LogP contribution in [0.1, 0.15) is 24.9 Å². The predicted octanol–water partition coefficient (Wildman–Crippen LogP) is 4.70. The third-order valence-electron chi connectivity index (χ3n) is 6.01. The lowest BCUT2D eigenvalue weighted by Gasteiger charge is -2.32. The molecule has 32 heavy (non-hydrogen) atoms. The van der Waals surface area contributed by atoms with Crippen molar-refractivity contribution in [1.29, 1.82) is 0 Å². The number of carbonyl (C=O) groups excluding carboxylic acids is 2. The first kappa shape index (κ1) is 22.2. The van der Waals surface area contributed by atoms with Crippen LogP contribution >= 0.6 is 15.9 Å². The van der Waals surface area contributed by atoms with Crippen molar-refractivity contribution in [2.24, 2.45) is 11.8 Å². The largest absolute Gasteiger partial charge is 0.493 e. The molecule has 0 fully saturated rings. The van der Waals surface area contributed by atoms with E-state index in [-0.39, 0.29) is 11.7 Å². The molecule has 7 nitrogen and oxygen atoms in total. The smallest absolute Gasteiger partial charge is 0.316 e. The molecule has 2 aliphatic rings. The number of ketones is 1. The van der Waals surface area contributed by atoms with E-state index in [4.69, 9.17) is 14.2 Å². The Morgan fingerprint density at radius 2 is 1.81 bits per heavy atom. The molecule has 2 aromatic rings. The van der Waals surface area contributed by atoms with Crippen molar-refractivity contribution in [3.05, 3.63) is 57.7 Å². The molecule has 0 aromatic heterocycles. The van der Waals surface area contributed by atoms with Crippen LogP contribution in [0.5, 0.6) is 11.5 Å². The molecule has 0 unspecified atom stereocenters. The minimum Gasteiger partial charge on any atom is -0.493 e. The van der Waals surface area contributed by atoms with Crippen molar-refractivity contribution in [1.82, 2.24) is 0 Å². The topological polar surface area (TPSA) is 85.9 Å². The summed E-state index contributed by atoms with van der Waals surface area (Å²) in [6.45, 7) is 1.90. The van der Waals surface area contributed by atoms with E-state index < -0.39 is 17.9 Å². The maximum Gasteiger partial charge on any atom is 0.316 e. The summed E-state index contributed by atoms with van der Waals surface area (Å²) in [5, 5.41) is 6.94. The van der Waals surface area contributed by atoms with Crippen molar-refractivity contribution in [2.75, 3.05) is 32.0 Å². The molecule has 3 atom stereocenters. The Hall–Kier alpha value is -3.00. The first-order valence-corrected chi connectivity index (χ1v) is 11.1. The van der Waals surface area contributed by atoms with Crippen molar-refractivity contribution in [2.45, 2.75) is 19.4 Å². The SMILES string of the molecule is COC(=O)[C@@H]1C(=O)C2=C(C[C@H]1C)Nc1ccccc1N[C@H]2c1cc(Br)c(OC)c(OC)c1. The number of para-hydroxylation sites is 2. The number of anilines is 2. The van der Waals surface area contributed by atoms with E-state index in [0.29, 0.717) is 28.0 Å². The highest BCUT2D eigenvalue weighted by Gasteiger charge is 2.44.